The molecule has 0 aromatic carbocycles. The highest BCUT2D eigenvalue weighted by molar-refractivity contribution is 5.89. The van der Waals surface area contributed by atoms with Gasteiger partial charge in [-0.15, -0.1) is 0 Å². The highest BCUT2D eigenvalue weighted by Gasteiger charge is 2.33. The number of amides is 2. The van der Waals surface area contributed by atoms with Crippen molar-refractivity contribution >= 4 is 11.8 Å². The van der Waals surface area contributed by atoms with Gasteiger partial charge in [0.25, 0.3) is 0 Å². The van der Waals surface area contributed by atoms with Crippen LogP contribution in [0.1, 0.15) is 47.5 Å². The molecular formula is C13H24N2O2. The zero-order valence-corrected chi connectivity index (χ0v) is 11.5. The average molecular weight is 240 g/mol. The van der Waals surface area contributed by atoms with E-state index in [1.807, 2.05) is 13.8 Å². The molecule has 1 fully saturated rings. The number of hydrogen-bond acceptors (Lipinski definition) is 2. The Labute approximate surface area is 104 Å². The molecule has 1 atom stereocenters. The van der Waals surface area contributed by atoms with E-state index in [1.54, 1.807) is 0 Å². The summed E-state index contributed by atoms with van der Waals surface area (Å²) in [5.74, 6) is -0.252. The molecule has 1 heterocycles. The summed E-state index contributed by atoms with van der Waals surface area (Å²) < 4.78 is 0. The van der Waals surface area contributed by atoms with Crippen LogP contribution in [0.4, 0.5) is 0 Å². The quantitative estimate of drug-likeness (QED) is 0.784. The minimum absolute atomic E-state index is 0.0161. The van der Waals surface area contributed by atoms with E-state index in [4.69, 9.17) is 0 Å². The van der Waals surface area contributed by atoms with Gasteiger partial charge in [0.2, 0.25) is 11.8 Å². The van der Waals surface area contributed by atoms with E-state index in [9.17, 15) is 9.59 Å². The summed E-state index contributed by atoms with van der Waals surface area (Å²) in [7, 11) is 0. The molecule has 1 unspecified atom stereocenters. The van der Waals surface area contributed by atoms with Crippen molar-refractivity contribution in [1.29, 1.82) is 0 Å². The van der Waals surface area contributed by atoms with Crippen molar-refractivity contribution in [2.45, 2.75) is 53.0 Å². The van der Waals surface area contributed by atoms with Crippen LogP contribution in [0.25, 0.3) is 0 Å². The van der Waals surface area contributed by atoms with Crippen LogP contribution < -0.4 is 10.6 Å². The third kappa shape index (κ3) is 4.75. The number of rotatable bonds is 3. The maximum Gasteiger partial charge on any atom is 0.225 e. The van der Waals surface area contributed by atoms with Crippen molar-refractivity contribution in [3.63, 3.8) is 0 Å². The molecule has 4 heteroatoms. The number of carbonyl (C=O) groups excluding carboxylic acids is 2. The molecule has 4 nitrogen and oxygen atoms in total. The monoisotopic (exact) mass is 240 g/mol. The van der Waals surface area contributed by atoms with E-state index in [-0.39, 0.29) is 28.7 Å². The molecule has 0 saturated carbocycles. The standard InChI is InChI=1S/C13H24N2O2/c1-12(2,3)8-13(4,5)15-11(17)9-6-10(16)14-7-9/h9H,6-8H2,1-5H3,(H,14,16)(H,15,17). The van der Waals surface area contributed by atoms with Gasteiger partial charge in [-0.3, -0.25) is 9.59 Å². The molecule has 0 bridgehead atoms. The van der Waals surface area contributed by atoms with Crippen LogP contribution in [0.3, 0.4) is 0 Å². The van der Waals surface area contributed by atoms with Crippen molar-refractivity contribution < 1.29 is 9.59 Å². The first-order valence-electron chi connectivity index (χ1n) is 6.18. The second-order valence-electron chi connectivity index (χ2n) is 6.82. The van der Waals surface area contributed by atoms with Gasteiger partial charge in [-0.2, -0.15) is 0 Å². The van der Waals surface area contributed by atoms with Crippen LogP contribution in [-0.2, 0) is 9.59 Å². The van der Waals surface area contributed by atoms with Gasteiger partial charge in [0.1, 0.15) is 0 Å². The largest absolute Gasteiger partial charge is 0.355 e. The lowest BCUT2D eigenvalue weighted by molar-refractivity contribution is -0.128. The van der Waals surface area contributed by atoms with Gasteiger partial charge in [0.15, 0.2) is 0 Å². The number of carbonyl (C=O) groups is 2. The van der Waals surface area contributed by atoms with Gasteiger partial charge >= 0.3 is 0 Å². The van der Waals surface area contributed by atoms with E-state index in [2.05, 4.69) is 31.4 Å². The molecule has 1 rings (SSSR count). The fourth-order valence-corrected chi connectivity index (χ4v) is 2.60. The SMILES string of the molecule is CC(C)(C)CC(C)(C)NC(=O)C1CNC(=O)C1. The fourth-order valence-electron chi connectivity index (χ4n) is 2.60. The molecule has 2 N–H and O–H groups in total. The Bertz CT molecular complexity index is 316. The van der Waals surface area contributed by atoms with Crippen LogP contribution in [0.15, 0.2) is 0 Å². The molecule has 0 aliphatic carbocycles. The van der Waals surface area contributed by atoms with Gasteiger partial charge in [-0.25, -0.2) is 0 Å². The Kier molecular flexibility index (Phi) is 3.84. The lowest BCUT2D eigenvalue weighted by atomic mass is 9.81. The summed E-state index contributed by atoms with van der Waals surface area (Å²) in [6.45, 7) is 11.0. The molecular weight excluding hydrogens is 216 g/mol. The van der Waals surface area contributed by atoms with Crippen LogP contribution in [0.5, 0.6) is 0 Å². The molecule has 0 aromatic rings. The highest BCUT2D eigenvalue weighted by atomic mass is 16.2. The summed E-state index contributed by atoms with van der Waals surface area (Å²) in [6, 6.07) is 0. The van der Waals surface area contributed by atoms with Gasteiger partial charge < -0.3 is 10.6 Å². The van der Waals surface area contributed by atoms with Crippen LogP contribution in [0.2, 0.25) is 0 Å². The molecule has 0 radical (unpaired) electrons. The van der Waals surface area contributed by atoms with Crippen molar-refractivity contribution in [3.05, 3.63) is 0 Å². The van der Waals surface area contributed by atoms with Crippen LogP contribution in [0, 0.1) is 11.3 Å². The summed E-state index contributed by atoms with van der Waals surface area (Å²) in [6.07, 6.45) is 1.22. The van der Waals surface area contributed by atoms with Gasteiger partial charge in [-0.05, 0) is 25.7 Å². The third-order valence-electron chi connectivity index (χ3n) is 2.78. The van der Waals surface area contributed by atoms with Gasteiger partial charge in [0, 0.05) is 18.5 Å². The fraction of sp³-hybridized carbons (Fsp3) is 0.846. The Balaban J connectivity index is 2.52. The molecule has 1 saturated heterocycles. The molecule has 2 amide bonds. The maximum atomic E-state index is 12.0. The summed E-state index contributed by atoms with van der Waals surface area (Å²) in [5.41, 5.74) is -0.0680. The lowest BCUT2D eigenvalue weighted by Gasteiger charge is -2.34. The molecule has 1 aliphatic heterocycles. The smallest absolute Gasteiger partial charge is 0.225 e. The first kappa shape index (κ1) is 14.0. The van der Waals surface area contributed by atoms with Crippen molar-refractivity contribution in [2.75, 3.05) is 6.54 Å². The van der Waals surface area contributed by atoms with Gasteiger partial charge in [-0.1, -0.05) is 20.8 Å². The van der Waals surface area contributed by atoms with E-state index in [0.29, 0.717) is 13.0 Å². The Hall–Kier alpha value is -1.06. The van der Waals surface area contributed by atoms with E-state index in [1.165, 1.54) is 0 Å². The molecule has 0 spiro atoms. The minimum atomic E-state index is -0.235. The van der Waals surface area contributed by atoms with Crippen LogP contribution >= 0.6 is 0 Å². The Morgan fingerprint density at radius 1 is 1.35 bits per heavy atom. The number of hydrogen-bond donors (Lipinski definition) is 2. The van der Waals surface area contributed by atoms with Crippen LogP contribution in [-0.4, -0.2) is 23.9 Å². The molecule has 17 heavy (non-hydrogen) atoms. The normalized spacial score (nSPS) is 21.2. The third-order valence-corrected chi connectivity index (χ3v) is 2.78. The summed E-state index contributed by atoms with van der Waals surface area (Å²) in [5, 5.41) is 5.73. The first-order valence-corrected chi connectivity index (χ1v) is 6.18. The first-order chi connectivity index (χ1) is 7.59. The molecule has 1 aliphatic rings. The Morgan fingerprint density at radius 2 is 1.94 bits per heavy atom. The zero-order chi connectivity index (χ0) is 13.3. The second kappa shape index (κ2) is 4.67. The van der Waals surface area contributed by atoms with Crippen molar-refractivity contribution in [3.8, 4) is 0 Å². The van der Waals surface area contributed by atoms with E-state index < -0.39 is 0 Å². The van der Waals surface area contributed by atoms with E-state index >= 15 is 0 Å². The maximum absolute atomic E-state index is 12.0. The van der Waals surface area contributed by atoms with Crippen molar-refractivity contribution in [2.24, 2.45) is 11.3 Å². The summed E-state index contributed by atoms with van der Waals surface area (Å²) in [4.78, 5) is 23.1. The van der Waals surface area contributed by atoms with Crippen molar-refractivity contribution in [1.82, 2.24) is 10.6 Å². The zero-order valence-electron chi connectivity index (χ0n) is 11.5. The van der Waals surface area contributed by atoms with E-state index in [0.717, 1.165) is 6.42 Å². The number of nitrogens with one attached hydrogen (secondary N) is 2. The lowest BCUT2D eigenvalue weighted by Crippen LogP contribution is -2.48. The van der Waals surface area contributed by atoms with Gasteiger partial charge in [0.05, 0.1) is 5.92 Å². The minimum Gasteiger partial charge on any atom is -0.355 e. The predicted octanol–water partition coefficient (Wildman–Crippen LogP) is 1.45. The topological polar surface area (TPSA) is 58.2 Å². The second-order valence-corrected chi connectivity index (χ2v) is 6.82. The average Bonchev–Trinajstić information content (AvgIpc) is 2.45. The molecule has 98 valence electrons. The highest BCUT2D eigenvalue weighted by Crippen LogP contribution is 2.27. The molecule has 0 aromatic heterocycles. The summed E-state index contributed by atoms with van der Waals surface area (Å²) >= 11 is 0. The predicted molar refractivity (Wildman–Crippen MR) is 67.4 cm³/mol. The Morgan fingerprint density at radius 3 is 2.35 bits per heavy atom.